The molecule has 4 heteroatoms. The number of aliphatic hydroxyl groups excluding tert-OH is 1. The zero-order valence-corrected chi connectivity index (χ0v) is 14.0. The summed E-state index contributed by atoms with van der Waals surface area (Å²) in [5.74, 6) is -0.354. The van der Waals surface area contributed by atoms with Crippen molar-refractivity contribution >= 4 is 0 Å². The van der Waals surface area contributed by atoms with Crippen LogP contribution in [0.15, 0.2) is 48.5 Å². The zero-order chi connectivity index (χ0) is 17.2. The Morgan fingerprint density at radius 1 is 1.08 bits per heavy atom. The second-order valence-corrected chi connectivity index (χ2v) is 6.74. The van der Waals surface area contributed by atoms with E-state index in [-0.39, 0.29) is 5.82 Å². The Labute approximate surface area is 142 Å². The van der Waals surface area contributed by atoms with E-state index in [4.69, 9.17) is 0 Å². The summed E-state index contributed by atoms with van der Waals surface area (Å²) in [6, 6.07) is 14.3. The minimum atomic E-state index is -1.11. The number of aliphatic hydroxyl groups is 2. The fourth-order valence-electron chi connectivity index (χ4n) is 3.35. The Hall–Kier alpha value is -1.75. The highest BCUT2D eigenvalue weighted by atomic mass is 19.1. The SMILES string of the molecule is Cc1ccc([C@@H](O)CN2CCC(O)(c3ccccc3F)CC2)cc1. The van der Waals surface area contributed by atoms with Crippen LogP contribution in [0.3, 0.4) is 0 Å². The van der Waals surface area contributed by atoms with Crippen molar-refractivity contribution in [2.24, 2.45) is 0 Å². The molecule has 128 valence electrons. The number of piperidine rings is 1. The van der Waals surface area contributed by atoms with E-state index >= 15 is 0 Å². The van der Waals surface area contributed by atoms with E-state index in [2.05, 4.69) is 4.90 Å². The van der Waals surface area contributed by atoms with Crippen LogP contribution in [-0.2, 0) is 5.60 Å². The lowest BCUT2D eigenvalue weighted by Crippen LogP contribution is -2.44. The molecule has 0 amide bonds. The third-order valence-electron chi connectivity index (χ3n) is 4.95. The van der Waals surface area contributed by atoms with Gasteiger partial charge in [-0.25, -0.2) is 4.39 Å². The van der Waals surface area contributed by atoms with Crippen LogP contribution in [-0.4, -0.2) is 34.7 Å². The van der Waals surface area contributed by atoms with E-state index in [9.17, 15) is 14.6 Å². The van der Waals surface area contributed by atoms with Crippen molar-refractivity contribution in [3.8, 4) is 0 Å². The van der Waals surface area contributed by atoms with Gasteiger partial charge in [-0.05, 0) is 31.4 Å². The number of benzene rings is 2. The lowest BCUT2D eigenvalue weighted by Gasteiger charge is -2.39. The van der Waals surface area contributed by atoms with Crippen molar-refractivity contribution in [2.75, 3.05) is 19.6 Å². The van der Waals surface area contributed by atoms with Gasteiger partial charge in [-0.1, -0.05) is 48.0 Å². The van der Waals surface area contributed by atoms with Crippen LogP contribution in [0.25, 0.3) is 0 Å². The molecule has 0 bridgehead atoms. The molecule has 1 heterocycles. The van der Waals surface area contributed by atoms with E-state index in [0.717, 1.165) is 5.56 Å². The van der Waals surface area contributed by atoms with E-state index in [1.54, 1.807) is 18.2 Å². The predicted molar refractivity (Wildman–Crippen MR) is 92.1 cm³/mol. The number of halogens is 1. The minimum Gasteiger partial charge on any atom is -0.387 e. The summed E-state index contributed by atoms with van der Waals surface area (Å²) in [7, 11) is 0. The van der Waals surface area contributed by atoms with Gasteiger partial charge in [0.1, 0.15) is 5.82 Å². The van der Waals surface area contributed by atoms with Gasteiger partial charge >= 0.3 is 0 Å². The van der Waals surface area contributed by atoms with E-state index in [1.807, 2.05) is 31.2 Å². The van der Waals surface area contributed by atoms with Crippen molar-refractivity contribution in [1.29, 1.82) is 0 Å². The molecule has 1 atom stereocenters. The Morgan fingerprint density at radius 2 is 1.71 bits per heavy atom. The van der Waals surface area contributed by atoms with Crippen molar-refractivity contribution < 1.29 is 14.6 Å². The maximum Gasteiger partial charge on any atom is 0.129 e. The predicted octanol–water partition coefficient (Wildman–Crippen LogP) is 3.15. The highest BCUT2D eigenvalue weighted by molar-refractivity contribution is 5.25. The highest BCUT2D eigenvalue weighted by Crippen LogP contribution is 2.34. The molecule has 0 aliphatic carbocycles. The van der Waals surface area contributed by atoms with Crippen molar-refractivity contribution in [3.63, 3.8) is 0 Å². The first-order chi connectivity index (χ1) is 11.5. The average molecular weight is 329 g/mol. The third-order valence-corrected chi connectivity index (χ3v) is 4.95. The topological polar surface area (TPSA) is 43.7 Å². The Balaban J connectivity index is 1.61. The smallest absolute Gasteiger partial charge is 0.129 e. The largest absolute Gasteiger partial charge is 0.387 e. The molecular formula is C20H24FNO2. The van der Waals surface area contributed by atoms with Crippen LogP contribution in [0.2, 0.25) is 0 Å². The normalized spacial score (nSPS) is 19.2. The van der Waals surface area contributed by atoms with Crippen LogP contribution < -0.4 is 0 Å². The minimum absolute atomic E-state index is 0.354. The van der Waals surface area contributed by atoms with Gasteiger partial charge in [-0.15, -0.1) is 0 Å². The molecule has 0 unspecified atom stereocenters. The summed E-state index contributed by atoms with van der Waals surface area (Å²) in [5, 5.41) is 21.2. The molecule has 0 spiro atoms. The summed E-state index contributed by atoms with van der Waals surface area (Å²) < 4.78 is 14.0. The van der Waals surface area contributed by atoms with Crippen LogP contribution in [0.4, 0.5) is 4.39 Å². The Bertz CT molecular complexity index is 678. The molecule has 0 aromatic heterocycles. The van der Waals surface area contributed by atoms with E-state index in [0.29, 0.717) is 38.0 Å². The second kappa shape index (κ2) is 7.01. The summed E-state index contributed by atoms with van der Waals surface area (Å²) in [6.07, 6.45) is 0.383. The lowest BCUT2D eigenvalue weighted by molar-refractivity contribution is -0.0367. The summed E-state index contributed by atoms with van der Waals surface area (Å²) in [6.45, 7) is 3.81. The average Bonchev–Trinajstić information content (AvgIpc) is 2.58. The number of nitrogens with zero attached hydrogens (tertiary/aromatic N) is 1. The van der Waals surface area contributed by atoms with Crippen LogP contribution in [0, 0.1) is 12.7 Å². The van der Waals surface area contributed by atoms with Gasteiger partial charge in [-0.2, -0.15) is 0 Å². The molecule has 2 N–H and O–H groups in total. The number of hydrogen-bond acceptors (Lipinski definition) is 3. The molecule has 2 aromatic carbocycles. The fourth-order valence-corrected chi connectivity index (χ4v) is 3.35. The Morgan fingerprint density at radius 3 is 2.33 bits per heavy atom. The molecule has 3 nitrogen and oxygen atoms in total. The first-order valence-electron chi connectivity index (χ1n) is 8.42. The van der Waals surface area contributed by atoms with Gasteiger partial charge < -0.3 is 15.1 Å². The molecule has 1 aliphatic heterocycles. The molecule has 0 saturated carbocycles. The van der Waals surface area contributed by atoms with Gasteiger partial charge in [0.25, 0.3) is 0 Å². The van der Waals surface area contributed by atoms with Crippen molar-refractivity contribution in [2.45, 2.75) is 31.5 Å². The first-order valence-corrected chi connectivity index (χ1v) is 8.42. The van der Waals surface area contributed by atoms with Crippen LogP contribution >= 0.6 is 0 Å². The van der Waals surface area contributed by atoms with Crippen LogP contribution in [0.5, 0.6) is 0 Å². The summed E-state index contributed by atoms with van der Waals surface area (Å²) in [5.41, 5.74) is 1.33. The van der Waals surface area contributed by atoms with E-state index < -0.39 is 11.7 Å². The molecule has 24 heavy (non-hydrogen) atoms. The standard InChI is InChI=1S/C20H24FNO2/c1-15-6-8-16(9-7-15)19(23)14-22-12-10-20(24,11-13-22)17-4-2-3-5-18(17)21/h2-9,19,23-24H,10-14H2,1H3/t19-/m0/s1. The number of rotatable bonds is 4. The first kappa shape index (κ1) is 17.1. The molecule has 1 fully saturated rings. The lowest BCUT2D eigenvalue weighted by atomic mass is 9.84. The molecule has 2 aromatic rings. The molecule has 1 aliphatic rings. The molecule has 1 saturated heterocycles. The van der Waals surface area contributed by atoms with Gasteiger partial charge in [0, 0.05) is 25.2 Å². The number of hydrogen-bond donors (Lipinski definition) is 2. The molecular weight excluding hydrogens is 305 g/mol. The monoisotopic (exact) mass is 329 g/mol. The quantitative estimate of drug-likeness (QED) is 0.906. The Kier molecular flexibility index (Phi) is 4.99. The van der Waals surface area contributed by atoms with Gasteiger partial charge in [0.15, 0.2) is 0 Å². The maximum atomic E-state index is 14.0. The highest BCUT2D eigenvalue weighted by Gasteiger charge is 2.36. The fraction of sp³-hybridized carbons (Fsp3) is 0.400. The number of β-amino-alcohol motifs (C(OH)–C–C–N with tert-alkyl or cyclic N) is 1. The van der Waals surface area contributed by atoms with Gasteiger partial charge in [0.05, 0.1) is 11.7 Å². The van der Waals surface area contributed by atoms with Crippen molar-refractivity contribution in [3.05, 3.63) is 71.0 Å². The maximum absolute atomic E-state index is 14.0. The van der Waals surface area contributed by atoms with Crippen LogP contribution in [0.1, 0.15) is 35.6 Å². The summed E-state index contributed by atoms with van der Waals surface area (Å²) >= 11 is 0. The summed E-state index contributed by atoms with van der Waals surface area (Å²) in [4.78, 5) is 2.12. The number of aryl methyl sites for hydroxylation is 1. The van der Waals surface area contributed by atoms with Crippen molar-refractivity contribution in [1.82, 2.24) is 4.90 Å². The van der Waals surface area contributed by atoms with E-state index in [1.165, 1.54) is 11.6 Å². The third kappa shape index (κ3) is 3.66. The second-order valence-electron chi connectivity index (χ2n) is 6.74. The van der Waals surface area contributed by atoms with Gasteiger partial charge in [0.2, 0.25) is 0 Å². The number of likely N-dealkylation sites (tertiary alicyclic amines) is 1. The molecule has 0 radical (unpaired) electrons. The molecule has 3 rings (SSSR count). The van der Waals surface area contributed by atoms with Gasteiger partial charge in [-0.3, -0.25) is 0 Å². The zero-order valence-electron chi connectivity index (χ0n) is 14.0.